The Hall–Kier alpha value is -2.57. The highest BCUT2D eigenvalue weighted by Gasteiger charge is 2.14. The van der Waals surface area contributed by atoms with Crippen LogP contribution in [0.2, 0.25) is 0 Å². The van der Waals surface area contributed by atoms with E-state index < -0.39 is 17.5 Å². The highest BCUT2D eigenvalue weighted by Crippen LogP contribution is 2.13. The zero-order chi connectivity index (χ0) is 13.1. The maximum Gasteiger partial charge on any atom is 0.259 e. The van der Waals surface area contributed by atoms with E-state index in [4.69, 9.17) is 5.73 Å². The number of anilines is 2. The van der Waals surface area contributed by atoms with Gasteiger partial charge < -0.3 is 11.1 Å². The van der Waals surface area contributed by atoms with Gasteiger partial charge in [-0.15, -0.1) is 0 Å². The van der Waals surface area contributed by atoms with E-state index in [1.807, 2.05) is 0 Å². The van der Waals surface area contributed by atoms with Gasteiger partial charge in [0.2, 0.25) is 0 Å². The van der Waals surface area contributed by atoms with E-state index in [0.717, 1.165) is 12.3 Å². The number of halogens is 2. The first kappa shape index (κ1) is 11.9. The van der Waals surface area contributed by atoms with Gasteiger partial charge in [-0.3, -0.25) is 4.79 Å². The summed E-state index contributed by atoms with van der Waals surface area (Å²) in [5.41, 5.74) is 4.98. The Morgan fingerprint density at radius 2 is 2.00 bits per heavy atom. The fourth-order valence-electron chi connectivity index (χ4n) is 1.27. The molecule has 0 atom stereocenters. The van der Waals surface area contributed by atoms with Crippen molar-refractivity contribution in [3.05, 3.63) is 47.8 Å². The van der Waals surface area contributed by atoms with Crippen LogP contribution >= 0.6 is 0 Å². The van der Waals surface area contributed by atoms with Crippen LogP contribution in [0, 0.1) is 11.6 Å². The van der Waals surface area contributed by atoms with E-state index >= 15 is 0 Å². The van der Waals surface area contributed by atoms with Crippen LogP contribution in [0.4, 0.5) is 20.4 Å². The molecule has 0 saturated carbocycles. The number of nitrogens with two attached hydrogens (primary N) is 1. The Bertz CT molecular complexity index is 586. The molecule has 0 bridgehead atoms. The summed E-state index contributed by atoms with van der Waals surface area (Å²) in [6.45, 7) is 0. The first-order chi connectivity index (χ1) is 8.58. The second kappa shape index (κ2) is 4.74. The van der Waals surface area contributed by atoms with Crippen molar-refractivity contribution in [3.8, 4) is 0 Å². The van der Waals surface area contributed by atoms with Gasteiger partial charge in [0.05, 0.1) is 11.8 Å². The molecular formula is C11H8F2N4O. The second-order valence-corrected chi connectivity index (χ2v) is 3.37. The van der Waals surface area contributed by atoms with Crippen LogP contribution in [0.25, 0.3) is 0 Å². The van der Waals surface area contributed by atoms with Crippen molar-refractivity contribution >= 4 is 17.5 Å². The minimum absolute atomic E-state index is 0.108. The van der Waals surface area contributed by atoms with E-state index in [2.05, 4.69) is 15.3 Å². The molecule has 7 heteroatoms. The normalized spacial score (nSPS) is 10.1. The minimum Gasteiger partial charge on any atom is -0.381 e. The van der Waals surface area contributed by atoms with Crippen LogP contribution in [-0.4, -0.2) is 15.9 Å². The van der Waals surface area contributed by atoms with E-state index in [9.17, 15) is 13.6 Å². The molecule has 0 unspecified atom stereocenters. The molecular weight excluding hydrogens is 242 g/mol. The van der Waals surface area contributed by atoms with E-state index in [1.165, 1.54) is 18.3 Å². The lowest BCUT2D eigenvalue weighted by Crippen LogP contribution is -2.16. The molecule has 2 heterocycles. The van der Waals surface area contributed by atoms with E-state index in [-0.39, 0.29) is 17.2 Å². The maximum absolute atomic E-state index is 13.5. The number of carbonyl (C=O) groups is 1. The number of nitrogens with one attached hydrogen (secondary N) is 1. The van der Waals surface area contributed by atoms with E-state index in [0.29, 0.717) is 0 Å². The van der Waals surface area contributed by atoms with Crippen molar-refractivity contribution in [2.45, 2.75) is 0 Å². The lowest BCUT2D eigenvalue weighted by atomic mass is 10.2. The van der Waals surface area contributed by atoms with Gasteiger partial charge >= 0.3 is 0 Å². The first-order valence-corrected chi connectivity index (χ1v) is 4.91. The van der Waals surface area contributed by atoms with Crippen LogP contribution < -0.4 is 11.1 Å². The van der Waals surface area contributed by atoms with Crippen molar-refractivity contribution in [1.82, 2.24) is 9.97 Å². The molecule has 2 aromatic heterocycles. The molecule has 3 N–H and O–H groups in total. The molecule has 2 aromatic rings. The molecule has 0 fully saturated rings. The van der Waals surface area contributed by atoms with Crippen LogP contribution in [0.15, 0.2) is 30.6 Å². The molecule has 2 rings (SSSR count). The summed E-state index contributed by atoms with van der Waals surface area (Å²) in [7, 11) is 0. The maximum atomic E-state index is 13.5. The summed E-state index contributed by atoms with van der Waals surface area (Å²) in [6.07, 6.45) is 2.15. The Morgan fingerprint density at radius 3 is 2.67 bits per heavy atom. The molecule has 1 amide bonds. The van der Waals surface area contributed by atoms with Gasteiger partial charge in [-0.2, -0.15) is 0 Å². The zero-order valence-corrected chi connectivity index (χ0v) is 9.02. The number of aromatic nitrogens is 2. The van der Waals surface area contributed by atoms with Gasteiger partial charge in [-0.25, -0.2) is 18.7 Å². The number of carbonyl (C=O) groups excluding carboxylic acids is 1. The summed E-state index contributed by atoms with van der Waals surface area (Å²) in [6, 6.07) is 3.57. The Labute approximate surface area is 101 Å². The third kappa shape index (κ3) is 2.40. The topological polar surface area (TPSA) is 80.9 Å². The zero-order valence-electron chi connectivity index (χ0n) is 9.02. The van der Waals surface area contributed by atoms with Gasteiger partial charge in [0.15, 0.2) is 11.6 Å². The van der Waals surface area contributed by atoms with Crippen molar-refractivity contribution < 1.29 is 13.6 Å². The predicted molar refractivity (Wildman–Crippen MR) is 60.8 cm³/mol. The number of rotatable bonds is 2. The highest BCUT2D eigenvalue weighted by atomic mass is 19.1. The first-order valence-electron chi connectivity index (χ1n) is 4.91. The Balaban J connectivity index is 2.22. The summed E-state index contributed by atoms with van der Waals surface area (Å²) in [5.74, 6) is -2.43. The molecule has 0 aromatic carbocycles. The van der Waals surface area contributed by atoms with Crippen LogP contribution in [0.3, 0.4) is 0 Å². The fourth-order valence-corrected chi connectivity index (χ4v) is 1.27. The van der Waals surface area contributed by atoms with E-state index in [1.54, 1.807) is 0 Å². The fraction of sp³-hybridized carbons (Fsp3) is 0. The number of hydrogen-bond donors (Lipinski definition) is 2. The number of hydrogen-bond acceptors (Lipinski definition) is 4. The lowest BCUT2D eigenvalue weighted by molar-refractivity contribution is 0.102. The van der Waals surface area contributed by atoms with Gasteiger partial charge in [-0.05, 0) is 18.2 Å². The SMILES string of the molecule is Nc1nccc(C(=O)Nc2ccc(F)cn2)c1F. The third-order valence-electron chi connectivity index (χ3n) is 2.13. The highest BCUT2D eigenvalue weighted by molar-refractivity contribution is 6.04. The predicted octanol–water partition coefficient (Wildman–Crippen LogP) is 1.59. The largest absolute Gasteiger partial charge is 0.381 e. The average Bonchev–Trinajstić information content (AvgIpc) is 2.35. The average molecular weight is 250 g/mol. The molecule has 0 spiro atoms. The number of nitrogens with zero attached hydrogens (tertiary/aromatic N) is 2. The van der Waals surface area contributed by atoms with Gasteiger partial charge in [0.25, 0.3) is 5.91 Å². The molecule has 5 nitrogen and oxygen atoms in total. The van der Waals surface area contributed by atoms with Crippen molar-refractivity contribution in [3.63, 3.8) is 0 Å². The second-order valence-electron chi connectivity index (χ2n) is 3.37. The van der Waals surface area contributed by atoms with Crippen molar-refractivity contribution in [1.29, 1.82) is 0 Å². The summed E-state index contributed by atoms with van der Waals surface area (Å²) < 4.78 is 26.1. The monoisotopic (exact) mass is 250 g/mol. The van der Waals surface area contributed by atoms with Gasteiger partial charge in [0.1, 0.15) is 11.6 Å². The summed E-state index contributed by atoms with van der Waals surface area (Å²) in [5, 5.41) is 2.31. The van der Waals surface area contributed by atoms with Crippen LogP contribution in [0.5, 0.6) is 0 Å². The number of pyridine rings is 2. The van der Waals surface area contributed by atoms with Crippen molar-refractivity contribution in [2.75, 3.05) is 11.1 Å². The summed E-state index contributed by atoms with van der Waals surface area (Å²) >= 11 is 0. The lowest BCUT2D eigenvalue weighted by Gasteiger charge is -2.05. The molecule has 92 valence electrons. The number of amides is 1. The van der Waals surface area contributed by atoms with Crippen molar-refractivity contribution in [2.24, 2.45) is 0 Å². The quantitative estimate of drug-likeness (QED) is 0.848. The Morgan fingerprint density at radius 1 is 1.22 bits per heavy atom. The molecule has 18 heavy (non-hydrogen) atoms. The molecule has 0 aliphatic carbocycles. The van der Waals surface area contributed by atoms with Crippen LogP contribution in [0.1, 0.15) is 10.4 Å². The van der Waals surface area contributed by atoms with Crippen LogP contribution in [-0.2, 0) is 0 Å². The van der Waals surface area contributed by atoms with Gasteiger partial charge in [-0.1, -0.05) is 0 Å². The minimum atomic E-state index is -0.905. The smallest absolute Gasteiger partial charge is 0.259 e. The van der Waals surface area contributed by atoms with Gasteiger partial charge in [0, 0.05) is 6.20 Å². The standard InChI is InChI=1S/C11H8F2N4O/c12-6-1-2-8(16-5-6)17-11(18)7-3-4-15-10(14)9(7)13/h1-5H,(H2,14,15)(H,16,17,18). The molecule has 0 radical (unpaired) electrons. The Kier molecular flexibility index (Phi) is 3.13. The molecule has 0 aliphatic rings. The summed E-state index contributed by atoms with van der Waals surface area (Å²) in [4.78, 5) is 18.8. The number of nitrogen functional groups attached to an aromatic ring is 1. The molecule has 0 aliphatic heterocycles. The molecule has 0 saturated heterocycles. The third-order valence-corrected chi connectivity index (χ3v) is 2.13.